The number of nitrogens with zero attached hydrogens (tertiary/aromatic N) is 2. The number of rotatable bonds is 6. The molecule has 0 saturated carbocycles. The van der Waals surface area contributed by atoms with Crippen molar-refractivity contribution >= 4 is 17.5 Å². The molecule has 0 saturated heterocycles. The minimum Gasteiger partial charge on any atom is -0.395 e. The number of benzene rings is 1. The summed E-state index contributed by atoms with van der Waals surface area (Å²) in [5.41, 5.74) is 2.20. The number of nitrogens with one attached hydrogen (secondary N) is 1. The molecule has 0 aliphatic heterocycles. The Balaban J connectivity index is 1.84. The molecule has 2 rings (SSSR count). The third-order valence-corrected chi connectivity index (χ3v) is 3.15. The summed E-state index contributed by atoms with van der Waals surface area (Å²) in [4.78, 5) is 23.6. The van der Waals surface area contributed by atoms with Crippen LogP contribution in [0.4, 0.5) is 11.6 Å². The van der Waals surface area contributed by atoms with Crippen LogP contribution >= 0.6 is 0 Å². The van der Waals surface area contributed by atoms with Crippen LogP contribution in [0.3, 0.4) is 0 Å². The number of amides is 1. The summed E-state index contributed by atoms with van der Waals surface area (Å²) in [6.07, 6.45) is 0.669. The molecule has 1 aromatic carbocycles. The molecule has 0 aliphatic rings. The molecule has 0 atom stereocenters. The van der Waals surface area contributed by atoms with Gasteiger partial charge in [-0.2, -0.15) is 0 Å². The van der Waals surface area contributed by atoms with Crippen LogP contribution in [0, 0.1) is 10.1 Å². The summed E-state index contributed by atoms with van der Waals surface area (Å²) >= 11 is 0. The molecule has 7 nitrogen and oxygen atoms in total. The first kappa shape index (κ1) is 15.6. The Morgan fingerprint density at radius 3 is 2.45 bits per heavy atom. The highest BCUT2D eigenvalue weighted by atomic mass is 16.6. The number of nitro groups is 1. The zero-order valence-electron chi connectivity index (χ0n) is 12.4. The Kier molecular flexibility index (Phi) is 4.77. The highest BCUT2D eigenvalue weighted by molar-refractivity contribution is 5.91. The zero-order valence-corrected chi connectivity index (χ0v) is 12.4. The predicted molar refractivity (Wildman–Crippen MR) is 82.2 cm³/mol. The SMILES string of the molecule is CN(C)c1ccc(CCNC(=O)c2ccc([N+](=O)[O-])o2)cc1. The quantitative estimate of drug-likeness (QED) is 0.653. The second-order valence-electron chi connectivity index (χ2n) is 4.96. The monoisotopic (exact) mass is 303 g/mol. The predicted octanol–water partition coefficient (Wildman–Crippen LogP) is 2.23. The van der Waals surface area contributed by atoms with Crippen molar-refractivity contribution in [3.05, 3.63) is 57.8 Å². The lowest BCUT2D eigenvalue weighted by molar-refractivity contribution is -0.402. The molecule has 0 radical (unpaired) electrons. The molecule has 0 spiro atoms. The minimum atomic E-state index is -0.677. The molecule has 0 bridgehead atoms. The smallest absolute Gasteiger partial charge is 0.395 e. The van der Waals surface area contributed by atoms with Crippen LogP contribution in [0.2, 0.25) is 0 Å². The lowest BCUT2D eigenvalue weighted by atomic mass is 10.1. The van der Waals surface area contributed by atoms with Gasteiger partial charge in [-0.25, -0.2) is 0 Å². The van der Waals surface area contributed by atoms with Crippen LogP contribution in [-0.2, 0) is 6.42 Å². The summed E-state index contributed by atoms with van der Waals surface area (Å²) in [7, 11) is 3.94. The van der Waals surface area contributed by atoms with E-state index in [1.54, 1.807) is 0 Å². The van der Waals surface area contributed by atoms with E-state index in [1.807, 2.05) is 43.3 Å². The van der Waals surface area contributed by atoms with E-state index in [2.05, 4.69) is 5.32 Å². The number of hydrogen-bond donors (Lipinski definition) is 1. The van der Waals surface area contributed by atoms with Gasteiger partial charge in [0.1, 0.15) is 4.92 Å². The van der Waals surface area contributed by atoms with Crippen molar-refractivity contribution < 1.29 is 14.1 Å². The van der Waals surface area contributed by atoms with Crippen molar-refractivity contribution in [2.45, 2.75) is 6.42 Å². The Morgan fingerprint density at radius 1 is 1.23 bits per heavy atom. The van der Waals surface area contributed by atoms with Crippen LogP contribution in [-0.4, -0.2) is 31.5 Å². The number of anilines is 1. The van der Waals surface area contributed by atoms with Gasteiger partial charge in [0.2, 0.25) is 0 Å². The second-order valence-corrected chi connectivity index (χ2v) is 4.96. The average Bonchev–Trinajstić information content (AvgIpc) is 2.98. The molecule has 1 aromatic heterocycles. The van der Waals surface area contributed by atoms with Gasteiger partial charge in [0.15, 0.2) is 5.76 Å². The molecule has 0 aliphatic carbocycles. The van der Waals surface area contributed by atoms with Crippen LogP contribution in [0.25, 0.3) is 0 Å². The zero-order chi connectivity index (χ0) is 16.1. The topological polar surface area (TPSA) is 88.6 Å². The summed E-state index contributed by atoms with van der Waals surface area (Å²) in [5, 5.41) is 13.2. The van der Waals surface area contributed by atoms with Crippen LogP contribution < -0.4 is 10.2 Å². The van der Waals surface area contributed by atoms with Gasteiger partial charge >= 0.3 is 5.88 Å². The maximum absolute atomic E-state index is 11.8. The fourth-order valence-corrected chi connectivity index (χ4v) is 1.92. The molecule has 22 heavy (non-hydrogen) atoms. The third-order valence-electron chi connectivity index (χ3n) is 3.15. The van der Waals surface area contributed by atoms with Gasteiger partial charge in [-0.05, 0) is 30.2 Å². The fourth-order valence-electron chi connectivity index (χ4n) is 1.92. The molecule has 116 valence electrons. The van der Waals surface area contributed by atoms with Gasteiger partial charge in [0.05, 0.1) is 6.07 Å². The Hall–Kier alpha value is -2.83. The number of carbonyl (C=O) groups is 1. The average molecular weight is 303 g/mol. The van der Waals surface area contributed by atoms with E-state index in [1.165, 1.54) is 6.07 Å². The highest BCUT2D eigenvalue weighted by Crippen LogP contribution is 2.15. The molecular weight excluding hydrogens is 286 g/mol. The van der Waals surface area contributed by atoms with E-state index in [0.717, 1.165) is 17.3 Å². The van der Waals surface area contributed by atoms with Gasteiger partial charge in [0.25, 0.3) is 5.91 Å². The van der Waals surface area contributed by atoms with E-state index in [-0.39, 0.29) is 5.76 Å². The summed E-state index contributed by atoms with van der Waals surface area (Å²) < 4.78 is 4.84. The lowest BCUT2D eigenvalue weighted by Gasteiger charge is -2.12. The number of carbonyl (C=O) groups excluding carboxylic acids is 1. The largest absolute Gasteiger partial charge is 0.433 e. The van der Waals surface area contributed by atoms with Crippen molar-refractivity contribution in [3.63, 3.8) is 0 Å². The molecule has 0 unspecified atom stereocenters. The number of hydrogen-bond acceptors (Lipinski definition) is 5. The summed E-state index contributed by atoms with van der Waals surface area (Å²) in [6, 6.07) is 10.5. The van der Waals surface area contributed by atoms with E-state index in [4.69, 9.17) is 4.42 Å². The van der Waals surface area contributed by atoms with Crippen molar-refractivity contribution in [2.75, 3.05) is 25.5 Å². The normalized spacial score (nSPS) is 10.3. The summed E-state index contributed by atoms with van der Waals surface area (Å²) in [5.74, 6) is -0.961. The first-order valence-corrected chi connectivity index (χ1v) is 6.76. The molecule has 7 heteroatoms. The first-order valence-electron chi connectivity index (χ1n) is 6.76. The minimum absolute atomic E-state index is 0.0605. The van der Waals surface area contributed by atoms with E-state index < -0.39 is 16.7 Å². The second kappa shape index (κ2) is 6.75. The maximum atomic E-state index is 11.8. The molecule has 1 N–H and O–H groups in total. The van der Waals surface area contributed by atoms with E-state index in [0.29, 0.717) is 13.0 Å². The first-order chi connectivity index (χ1) is 10.5. The van der Waals surface area contributed by atoms with Crippen LogP contribution in [0.1, 0.15) is 16.1 Å². The molecule has 2 aromatic rings. The van der Waals surface area contributed by atoms with Crippen molar-refractivity contribution in [2.24, 2.45) is 0 Å². The van der Waals surface area contributed by atoms with Crippen molar-refractivity contribution in [1.29, 1.82) is 0 Å². The molecule has 0 fully saturated rings. The molecule has 1 heterocycles. The molecular formula is C15H17N3O4. The van der Waals surface area contributed by atoms with Crippen LogP contribution in [0.5, 0.6) is 0 Å². The number of furan rings is 1. The Labute approximate surface area is 127 Å². The van der Waals surface area contributed by atoms with Crippen LogP contribution in [0.15, 0.2) is 40.8 Å². The van der Waals surface area contributed by atoms with Gasteiger partial charge in [-0.3, -0.25) is 14.9 Å². The maximum Gasteiger partial charge on any atom is 0.433 e. The third kappa shape index (κ3) is 3.85. The summed E-state index contributed by atoms with van der Waals surface area (Å²) in [6.45, 7) is 0.425. The fraction of sp³-hybridized carbons (Fsp3) is 0.267. The lowest BCUT2D eigenvalue weighted by Crippen LogP contribution is -2.25. The van der Waals surface area contributed by atoms with Gasteiger partial charge in [-0.1, -0.05) is 12.1 Å². The van der Waals surface area contributed by atoms with E-state index in [9.17, 15) is 14.9 Å². The Morgan fingerprint density at radius 2 is 1.91 bits per heavy atom. The molecule has 1 amide bonds. The van der Waals surface area contributed by atoms with Gasteiger partial charge < -0.3 is 14.6 Å². The van der Waals surface area contributed by atoms with Gasteiger partial charge in [-0.15, -0.1) is 0 Å². The van der Waals surface area contributed by atoms with Crippen molar-refractivity contribution in [1.82, 2.24) is 5.32 Å². The Bertz CT molecular complexity index is 662. The van der Waals surface area contributed by atoms with Crippen molar-refractivity contribution in [3.8, 4) is 0 Å². The standard InChI is InChI=1S/C15H17N3O4/c1-17(2)12-5-3-11(4-6-12)9-10-16-15(19)13-7-8-14(22-13)18(20)21/h3-8H,9-10H2,1-2H3,(H,16,19). The highest BCUT2D eigenvalue weighted by Gasteiger charge is 2.16. The van der Waals surface area contributed by atoms with E-state index >= 15 is 0 Å². The van der Waals surface area contributed by atoms with Gasteiger partial charge in [0, 0.05) is 26.3 Å².